The van der Waals surface area contributed by atoms with Gasteiger partial charge in [-0.15, -0.1) is 23.1 Å². The topological polar surface area (TPSA) is 200 Å². The monoisotopic (exact) mass is 595 g/mol. The van der Waals surface area contributed by atoms with E-state index >= 15 is 0 Å². The zero-order chi connectivity index (χ0) is 28.5. The van der Waals surface area contributed by atoms with Crippen molar-refractivity contribution >= 4 is 74.6 Å². The van der Waals surface area contributed by atoms with Gasteiger partial charge >= 0.3 is 11.9 Å². The van der Waals surface area contributed by atoms with Crippen LogP contribution in [0.3, 0.4) is 0 Å². The van der Waals surface area contributed by atoms with Gasteiger partial charge in [-0.3, -0.25) is 14.5 Å². The van der Waals surface area contributed by atoms with Crippen LogP contribution in [-0.2, 0) is 24.0 Å². The summed E-state index contributed by atoms with van der Waals surface area (Å²) in [5.74, 6) is -3.34. The molecule has 0 unspecified atom stereocenters. The minimum Gasteiger partial charge on any atom is -0.478 e. The van der Waals surface area contributed by atoms with E-state index in [1.54, 1.807) is 6.20 Å². The number of thioether (sulfide) groups is 2. The number of carboxylic acid groups (broad SMARTS) is 2. The van der Waals surface area contributed by atoms with E-state index in [1.165, 1.54) is 47.7 Å². The molecule has 208 valence electrons. The molecular formula is C22H25N7O7S3. The predicted molar refractivity (Wildman–Crippen MR) is 147 cm³/mol. The third kappa shape index (κ3) is 5.89. The molecule has 0 aliphatic carbocycles. The Bertz CT molecular complexity index is 1340. The van der Waals surface area contributed by atoms with Crippen LogP contribution in [-0.4, -0.2) is 102 Å². The Morgan fingerprint density at radius 3 is 2.72 bits per heavy atom. The molecule has 0 saturated carbocycles. The number of aliphatic carboxylic acids is 2. The van der Waals surface area contributed by atoms with E-state index in [9.17, 15) is 29.4 Å². The number of amides is 2. The second-order valence-corrected chi connectivity index (χ2v) is 11.9. The van der Waals surface area contributed by atoms with Crippen molar-refractivity contribution in [3.63, 3.8) is 0 Å². The average Bonchev–Trinajstić information content (AvgIpc) is 3.31. The van der Waals surface area contributed by atoms with Crippen molar-refractivity contribution in [1.29, 1.82) is 0 Å². The van der Waals surface area contributed by atoms with Crippen LogP contribution in [0.25, 0.3) is 0 Å². The number of aliphatic imine (C=N–C) groups is 1. The summed E-state index contributed by atoms with van der Waals surface area (Å²) in [5.41, 5.74) is 4.05. The van der Waals surface area contributed by atoms with Crippen LogP contribution in [0, 0.1) is 0 Å². The van der Waals surface area contributed by atoms with E-state index in [2.05, 4.69) is 20.4 Å². The van der Waals surface area contributed by atoms with Gasteiger partial charge in [0, 0.05) is 36.7 Å². The van der Waals surface area contributed by atoms with E-state index in [0.717, 1.165) is 16.5 Å². The van der Waals surface area contributed by atoms with Gasteiger partial charge in [-0.1, -0.05) is 16.9 Å². The van der Waals surface area contributed by atoms with Gasteiger partial charge in [-0.2, -0.15) is 0 Å². The maximum atomic E-state index is 13.2. The van der Waals surface area contributed by atoms with Crippen molar-refractivity contribution in [2.45, 2.75) is 30.9 Å². The molecule has 4 heterocycles. The van der Waals surface area contributed by atoms with E-state index in [4.69, 9.17) is 10.6 Å². The van der Waals surface area contributed by atoms with Crippen molar-refractivity contribution in [2.24, 2.45) is 10.1 Å². The Labute approximate surface area is 235 Å². The van der Waals surface area contributed by atoms with E-state index < -0.39 is 40.8 Å². The standard InChI is InChI=1S/C22H25N7O7S3/c1-22(2,19(34)35)36-27-12(11-9-38-20(23)25-11)15(30)26-13-16(31)29-14(18(32)33)10(7-37-17(13)29)8-39-21-24-5-4-6-28(21)3/h4-5,9,13,17H,6-8H2,1-3H3,(H2,23,25)(H,26,30)(H,32,33)(H,34,35)/b27-12-/t13-,17-/m1/s1. The van der Waals surface area contributed by atoms with Crippen LogP contribution in [0.5, 0.6) is 0 Å². The average molecular weight is 596 g/mol. The molecule has 2 amide bonds. The molecule has 1 saturated heterocycles. The SMILES string of the molecule is CN1CC=CN=C1SCC1=C(C(=O)O)N2C(=O)[C@@H](NC(=O)/C(=N\OC(C)(C)C(=O)O)c3csc(N)n3)[C@H]2SC1. The number of carbonyl (C=O) groups is 4. The Morgan fingerprint density at radius 1 is 1.36 bits per heavy atom. The van der Waals surface area contributed by atoms with Crippen LogP contribution in [0.1, 0.15) is 19.5 Å². The second-order valence-electron chi connectivity index (χ2n) is 9.00. The number of thiazole rings is 1. The summed E-state index contributed by atoms with van der Waals surface area (Å²) in [7, 11) is 1.88. The summed E-state index contributed by atoms with van der Waals surface area (Å²) < 4.78 is 0. The first kappa shape index (κ1) is 28.4. The first-order chi connectivity index (χ1) is 18.4. The zero-order valence-electron chi connectivity index (χ0n) is 21.0. The molecule has 39 heavy (non-hydrogen) atoms. The number of hydrogen-bond acceptors (Lipinski definition) is 13. The summed E-state index contributed by atoms with van der Waals surface area (Å²) in [6.45, 7) is 3.19. The highest BCUT2D eigenvalue weighted by molar-refractivity contribution is 8.14. The Hall–Kier alpha value is -3.57. The Balaban J connectivity index is 1.51. The number of fused-ring (bicyclic) bond motifs is 1. The zero-order valence-corrected chi connectivity index (χ0v) is 23.4. The lowest BCUT2D eigenvalue weighted by Gasteiger charge is -2.49. The lowest BCUT2D eigenvalue weighted by molar-refractivity contribution is -0.161. The van der Waals surface area contributed by atoms with Gasteiger partial charge in [0.15, 0.2) is 16.0 Å². The van der Waals surface area contributed by atoms with Gasteiger partial charge in [-0.25, -0.2) is 19.6 Å². The number of nitrogens with one attached hydrogen (secondary N) is 1. The van der Waals surface area contributed by atoms with Crippen molar-refractivity contribution < 1.29 is 34.2 Å². The molecule has 1 fully saturated rings. The maximum Gasteiger partial charge on any atom is 0.352 e. The number of β-lactam (4-membered cyclic amide) rings is 1. The van der Waals surface area contributed by atoms with Crippen LogP contribution in [0.2, 0.25) is 0 Å². The number of nitrogen functional groups attached to an aromatic ring is 1. The van der Waals surface area contributed by atoms with Crippen LogP contribution >= 0.6 is 34.9 Å². The van der Waals surface area contributed by atoms with Crippen molar-refractivity contribution in [1.82, 2.24) is 20.1 Å². The number of aromatic nitrogens is 1. The number of nitrogens with zero attached hydrogens (tertiary/aromatic N) is 5. The number of carboxylic acids is 2. The van der Waals surface area contributed by atoms with Gasteiger partial charge in [0.2, 0.25) is 5.60 Å². The molecule has 17 heteroatoms. The fourth-order valence-corrected chi connectivity index (χ4v) is 6.60. The molecule has 14 nitrogen and oxygen atoms in total. The third-order valence-corrected chi connectivity index (χ3v) is 8.95. The number of hydrogen-bond donors (Lipinski definition) is 4. The fourth-order valence-electron chi connectivity index (χ4n) is 3.60. The molecule has 5 N–H and O–H groups in total. The highest BCUT2D eigenvalue weighted by atomic mass is 32.2. The maximum absolute atomic E-state index is 13.2. The van der Waals surface area contributed by atoms with Crippen LogP contribution < -0.4 is 11.1 Å². The summed E-state index contributed by atoms with van der Waals surface area (Å²) >= 11 is 3.74. The summed E-state index contributed by atoms with van der Waals surface area (Å²) in [5, 5.41) is 27.2. The molecule has 0 aromatic carbocycles. The Morgan fingerprint density at radius 2 is 2.10 bits per heavy atom. The number of anilines is 1. The molecule has 3 aliphatic heterocycles. The highest BCUT2D eigenvalue weighted by Crippen LogP contribution is 2.41. The van der Waals surface area contributed by atoms with Crippen molar-refractivity contribution in [2.75, 3.05) is 30.8 Å². The van der Waals surface area contributed by atoms with Crippen LogP contribution in [0.15, 0.2) is 39.1 Å². The molecule has 0 radical (unpaired) electrons. The first-order valence-electron chi connectivity index (χ1n) is 11.4. The van der Waals surface area contributed by atoms with Crippen LogP contribution in [0.4, 0.5) is 5.13 Å². The number of likely N-dealkylation sites (N-methyl/N-ethyl adjacent to an activating group) is 1. The van der Waals surface area contributed by atoms with E-state index in [-0.39, 0.29) is 22.2 Å². The third-order valence-electron chi connectivity index (χ3n) is 5.77. The molecule has 1 aromatic rings. The molecule has 0 bridgehead atoms. The number of carbonyl (C=O) groups excluding carboxylic acids is 2. The molecule has 0 spiro atoms. The fraction of sp³-hybridized carbons (Fsp3) is 0.409. The number of nitrogens with two attached hydrogens (primary N) is 1. The van der Waals surface area contributed by atoms with Crippen molar-refractivity contribution in [3.8, 4) is 0 Å². The molecule has 3 aliphatic rings. The molecule has 2 atom stereocenters. The van der Waals surface area contributed by atoms with Gasteiger partial charge < -0.3 is 31.0 Å². The predicted octanol–water partition coefficient (Wildman–Crippen LogP) is 0.596. The van der Waals surface area contributed by atoms with Gasteiger partial charge in [0.1, 0.15) is 22.8 Å². The second kappa shape index (κ2) is 11.3. The molecular weight excluding hydrogens is 570 g/mol. The first-order valence-corrected chi connectivity index (χ1v) is 14.3. The lowest BCUT2D eigenvalue weighted by atomic mass is 10.0. The summed E-state index contributed by atoms with van der Waals surface area (Å²) in [6, 6.07) is -1.04. The summed E-state index contributed by atoms with van der Waals surface area (Å²) in [6.07, 6.45) is 3.59. The lowest BCUT2D eigenvalue weighted by Crippen LogP contribution is -2.71. The van der Waals surface area contributed by atoms with E-state index in [1.807, 2.05) is 18.0 Å². The van der Waals surface area contributed by atoms with Gasteiger partial charge in [0.05, 0.1) is 0 Å². The number of amidine groups is 1. The smallest absolute Gasteiger partial charge is 0.352 e. The van der Waals surface area contributed by atoms with Gasteiger partial charge in [-0.05, 0) is 25.5 Å². The summed E-state index contributed by atoms with van der Waals surface area (Å²) in [4.78, 5) is 66.3. The number of rotatable bonds is 9. The van der Waals surface area contributed by atoms with Crippen molar-refractivity contribution in [3.05, 3.63) is 34.6 Å². The Kier molecular flexibility index (Phi) is 8.22. The normalized spacial score (nSPS) is 21.3. The molecule has 4 rings (SSSR count). The largest absolute Gasteiger partial charge is 0.478 e. The minimum atomic E-state index is -1.75. The molecule has 1 aromatic heterocycles. The van der Waals surface area contributed by atoms with E-state index in [0.29, 0.717) is 23.6 Å². The number of oxime groups is 1. The highest BCUT2D eigenvalue weighted by Gasteiger charge is 2.54. The quantitative estimate of drug-likeness (QED) is 0.176. The van der Waals surface area contributed by atoms with Gasteiger partial charge in [0.25, 0.3) is 11.8 Å². The minimum absolute atomic E-state index is 0.0342.